The fraction of sp³-hybridized carbons (Fsp3) is 0.273. The molecule has 0 saturated carbocycles. The van der Waals surface area contributed by atoms with Gasteiger partial charge in [0.2, 0.25) is 5.56 Å². The molecule has 26 heavy (non-hydrogen) atoms. The minimum Gasteiger partial charge on any atom is -0.326 e. The number of hydrogen-bond donors (Lipinski definition) is 1. The molecule has 2 aromatic rings. The van der Waals surface area contributed by atoms with Crippen LogP contribution in [-0.4, -0.2) is 11.2 Å². The van der Waals surface area contributed by atoms with Crippen LogP contribution in [0.1, 0.15) is 36.4 Å². The molecule has 1 N–H and O–H groups in total. The van der Waals surface area contributed by atoms with E-state index in [1.54, 1.807) is 17.4 Å². The van der Waals surface area contributed by atoms with E-state index in [0.717, 1.165) is 24.1 Å². The maximum absolute atomic E-state index is 11.8. The molecule has 4 rings (SSSR count). The van der Waals surface area contributed by atoms with Gasteiger partial charge in [-0.05, 0) is 55.5 Å². The molecule has 0 radical (unpaired) electrons. The molecule has 2 aliphatic carbocycles. The summed E-state index contributed by atoms with van der Waals surface area (Å²) in [6.07, 6.45) is 12.2. The number of allylic oxidation sites excluding steroid dienone is 3. The molecule has 2 aliphatic rings. The van der Waals surface area contributed by atoms with Gasteiger partial charge in [0.25, 0.3) is 0 Å². The maximum Gasteiger partial charge on any atom is 0.248 e. The zero-order valence-electron chi connectivity index (χ0n) is 15.0. The summed E-state index contributed by atoms with van der Waals surface area (Å²) in [5.41, 5.74) is 4.41. The summed E-state index contributed by atoms with van der Waals surface area (Å²) in [5, 5.41) is 2.07. The van der Waals surface area contributed by atoms with Crippen molar-refractivity contribution >= 4 is 23.6 Å². The van der Waals surface area contributed by atoms with E-state index >= 15 is 0 Å². The van der Waals surface area contributed by atoms with E-state index in [4.69, 9.17) is 4.99 Å². The van der Waals surface area contributed by atoms with Gasteiger partial charge < -0.3 is 4.98 Å². The first-order valence-corrected chi connectivity index (χ1v) is 9.82. The lowest BCUT2D eigenvalue weighted by molar-refractivity contribution is 0.413. The van der Waals surface area contributed by atoms with Crippen molar-refractivity contribution in [1.29, 1.82) is 0 Å². The van der Waals surface area contributed by atoms with E-state index in [9.17, 15) is 4.79 Å². The Morgan fingerprint density at radius 2 is 2.23 bits per heavy atom. The van der Waals surface area contributed by atoms with Crippen molar-refractivity contribution in [1.82, 2.24) is 4.98 Å². The van der Waals surface area contributed by atoms with Gasteiger partial charge in [-0.2, -0.15) is 0 Å². The summed E-state index contributed by atoms with van der Waals surface area (Å²) in [5.74, 6) is 0.303. The number of nitrogens with zero attached hydrogens (tertiary/aromatic N) is 1. The second-order valence-electron chi connectivity index (χ2n) is 6.97. The summed E-state index contributed by atoms with van der Waals surface area (Å²) in [4.78, 5) is 21.2. The van der Waals surface area contributed by atoms with Crippen molar-refractivity contribution < 1.29 is 0 Å². The molecule has 0 unspecified atom stereocenters. The van der Waals surface area contributed by atoms with E-state index in [0.29, 0.717) is 5.92 Å². The van der Waals surface area contributed by atoms with Crippen molar-refractivity contribution in [2.75, 3.05) is 0 Å². The average molecular weight is 362 g/mol. The molecule has 2 aromatic heterocycles. The van der Waals surface area contributed by atoms with E-state index in [1.807, 2.05) is 24.4 Å². The number of aromatic amines is 1. The predicted octanol–water partition coefficient (Wildman–Crippen LogP) is 4.88. The van der Waals surface area contributed by atoms with Gasteiger partial charge in [-0.3, -0.25) is 9.79 Å². The van der Waals surface area contributed by atoms with Crippen LogP contribution in [0.3, 0.4) is 0 Å². The Morgan fingerprint density at radius 3 is 3.00 bits per heavy atom. The molecule has 4 heteroatoms. The number of rotatable bonds is 3. The summed E-state index contributed by atoms with van der Waals surface area (Å²) in [6, 6.07) is 7.73. The highest BCUT2D eigenvalue weighted by Gasteiger charge is 2.46. The Hall–Kier alpha value is -2.46. The molecule has 132 valence electrons. The minimum atomic E-state index is -0.407. The molecule has 0 amide bonds. The number of H-pyrrole nitrogens is 1. The summed E-state index contributed by atoms with van der Waals surface area (Å²) in [7, 11) is 0. The molecule has 0 aromatic carbocycles. The van der Waals surface area contributed by atoms with Crippen LogP contribution in [-0.2, 0) is 12.0 Å². The van der Waals surface area contributed by atoms with Crippen molar-refractivity contribution in [2.45, 2.75) is 32.2 Å². The number of hydrogen-bond acceptors (Lipinski definition) is 3. The van der Waals surface area contributed by atoms with Crippen LogP contribution in [0.5, 0.6) is 0 Å². The standard InChI is InChI=1S/C22H22N2OS/c1-3-18-16-12-15(2)14-22(18,19-8-9-21(25)24-20(19)13-16)23-10-4-6-17-7-5-11-26-17/h3-12,16H,13-14H2,1-2H3,(H,24,25)/b6-4+,18-3+,23-10?/t16-,22+/m0/s1. The second-order valence-corrected chi connectivity index (χ2v) is 7.95. The minimum absolute atomic E-state index is 0.0387. The largest absolute Gasteiger partial charge is 0.326 e. The highest BCUT2D eigenvalue weighted by atomic mass is 32.1. The van der Waals surface area contributed by atoms with Crippen LogP contribution in [0.2, 0.25) is 0 Å². The topological polar surface area (TPSA) is 45.2 Å². The molecule has 0 spiro atoms. The molecule has 0 saturated heterocycles. The summed E-state index contributed by atoms with van der Waals surface area (Å²) in [6.45, 7) is 4.28. The highest BCUT2D eigenvalue weighted by Crippen LogP contribution is 2.51. The van der Waals surface area contributed by atoms with Gasteiger partial charge in [0, 0.05) is 40.8 Å². The number of nitrogens with one attached hydrogen (secondary N) is 1. The monoisotopic (exact) mass is 362 g/mol. The lowest BCUT2D eigenvalue weighted by Crippen LogP contribution is -2.40. The van der Waals surface area contributed by atoms with Crippen LogP contribution in [0, 0.1) is 5.92 Å². The number of aromatic nitrogens is 1. The summed E-state index contributed by atoms with van der Waals surface area (Å²) >= 11 is 1.71. The normalized spacial score (nSPS) is 26.5. The Morgan fingerprint density at radius 1 is 1.35 bits per heavy atom. The highest BCUT2D eigenvalue weighted by molar-refractivity contribution is 7.10. The molecule has 2 bridgehead atoms. The first-order valence-electron chi connectivity index (χ1n) is 8.94. The van der Waals surface area contributed by atoms with Crippen LogP contribution in [0.4, 0.5) is 0 Å². The van der Waals surface area contributed by atoms with E-state index in [-0.39, 0.29) is 5.56 Å². The Kier molecular flexibility index (Phi) is 4.37. The number of thiophene rings is 1. The van der Waals surface area contributed by atoms with E-state index in [2.05, 4.69) is 48.5 Å². The van der Waals surface area contributed by atoms with Gasteiger partial charge in [0.15, 0.2) is 0 Å². The third-order valence-electron chi connectivity index (χ3n) is 5.26. The lowest BCUT2D eigenvalue weighted by atomic mass is 9.63. The van der Waals surface area contributed by atoms with Crippen molar-refractivity contribution in [3.05, 3.63) is 85.5 Å². The molecule has 2 heterocycles. The van der Waals surface area contributed by atoms with Crippen LogP contribution in [0.25, 0.3) is 6.08 Å². The zero-order valence-corrected chi connectivity index (χ0v) is 15.8. The number of aliphatic imine (C=N–C) groups is 1. The maximum atomic E-state index is 11.8. The molecule has 3 nitrogen and oxygen atoms in total. The second kappa shape index (κ2) is 6.69. The van der Waals surface area contributed by atoms with Crippen molar-refractivity contribution in [3.8, 4) is 0 Å². The van der Waals surface area contributed by atoms with Crippen molar-refractivity contribution in [2.24, 2.45) is 10.9 Å². The molecule has 0 aliphatic heterocycles. The lowest BCUT2D eigenvalue weighted by Gasteiger charge is -2.45. The van der Waals surface area contributed by atoms with Crippen LogP contribution in [0.15, 0.2) is 68.8 Å². The van der Waals surface area contributed by atoms with Gasteiger partial charge in [-0.1, -0.05) is 23.8 Å². The third kappa shape index (κ3) is 2.84. The fourth-order valence-corrected chi connectivity index (χ4v) is 4.98. The predicted molar refractivity (Wildman–Crippen MR) is 110 cm³/mol. The SMILES string of the molecule is C/C=C1\[C@H]2C=C(C)C[C@]1(N=C/C=C/c1cccs1)c1ccc(=O)[nH]c1C2. The Bertz CT molecular complexity index is 991. The zero-order chi connectivity index (χ0) is 18.1. The van der Waals surface area contributed by atoms with E-state index in [1.165, 1.54) is 16.0 Å². The molecular weight excluding hydrogens is 340 g/mol. The first kappa shape index (κ1) is 17.0. The van der Waals surface area contributed by atoms with Gasteiger partial charge in [0.05, 0.1) is 0 Å². The van der Waals surface area contributed by atoms with Gasteiger partial charge in [0.1, 0.15) is 5.54 Å². The van der Waals surface area contributed by atoms with E-state index < -0.39 is 5.54 Å². The third-order valence-corrected chi connectivity index (χ3v) is 6.10. The average Bonchev–Trinajstić information content (AvgIpc) is 3.11. The van der Waals surface area contributed by atoms with Crippen LogP contribution < -0.4 is 5.56 Å². The Labute approximate surface area is 157 Å². The van der Waals surface area contributed by atoms with Gasteiger partial charge in [-0.15, -0.1) is 11.3 Å². The fourth-order valence-electron chi connectivity index (χ4n) is 4.35. The Balaban J connectivity index is 1.81. The molecule has 2 atom stereocenters. The van der Waals surface area contributed by atoms with Crippen LogP contribution >= 0.6 is 11.3 Å². The number of pyridine rings is 1. The van der Waals surface area contributed by atoms with Gasteiger partial charge in [-0.25, -0.2) is 0 Å². The summed E-state index contributed by atoms with van der Waals surface area (Å²) < 4.78 is 0. The van der Waals surface area contributed by atoms with Gasteiger partial charge >= 0.3 is 0 Å². The molecular formula is C22H22N2OS. The first-order chi connectivity index (χ1) is 12.6. The smallest absolute Gasteiger partial charge is 0.248 e. The number of fused-ring (bicyclic) bond motifs is 4. The quantitative estimate of drug-likeness (QED) is 0.613. The van der Waals surface area contributed by atoms with Crippen molar-refractivity contribution in [3.63, 3.8) is 0 Å². The molecule has 0 fully saturated rings.